The van der Waals surface area contributed by atoms with Crippen LogP contribution in [0.1, 0.15) is 0 Å². The molecule has 0 saturated carbocycles. The maximum Gasteiger partial charge on any atom is 0.422 e. The molecule has 0 saturated heterocycles. The van der Waals surface area contributed by atoms with Gasteiger partial charge in [-0.2, -0.15) is 36.3 Å². The third-order valence-corrected chi connectivity index (χ3v) is 3.71. The number of urea groups is 1. The molecule has 14 heteroatoms. The van der Waals surface area contributed by atoms with E-state index in [-0.39, 0.29) is 0 Å². The molecule has 30 heavy (non-hydrogen) atoms. The number of halogens is 7. The largest absolute Gasteiger partial charge is 0.468 e. The van der Waals surface area contributed by atoms with Crippen molar-refractivity contribution in [3.05, 3.63) is 34.8 Å². The van der Waals surface area contributed by atoms with E-state index in [1.807, 2.05) is 0 Å². The van der Waals surface area contributed by atoms with Gasteiger partial charge >= 0.3 is 24.4 Å². The topological polar surface area (TPSA) is 76.6 Å². The zero-order valence-electron chi connectivity index (χ0n) is 15.0. The van der Waals surface area contributed by atoms with Crippen molar-refractivity contribution in [1.29, 1.82) is 0 Å². The van der Waals surface area contributed by atoms with Crippen molar-refractivity contribution in [2.24, 2.45) is 0 Å². The van der Waals surface area contributed by atoms with Crippen LogP contribution in [0.3, 0.4) is 0 Å². The molecule has 0 fully saturated rings. The molecule has 0 aliphatic heterocycles. The van der Waals surface area contributed by atoms with Gasteiger partial charge in [0.15, 0.2) is 13.2 Å². The number of ether oxygens (including phenoxy) is 2. The van der Waals surface area contributed by atoms with Gasteiger partial charge in [-0.15, -0.1) is 0 Å². The average molecular weight is 503 g/mol. The molecule has 7 nitrogen and oxygen atoms in total. The monoisotopic (exact) mass is 502 g/mol. The highest BCUT2D eigenvalue weighted by molar-refractivity contribution is 9.10. The molecule has 1 heterocycles. The predicted octanol–water partition coefficient (Wildman–Crippen LogP) is 4.79. The standard InChI is InChI=1S/C16H13BrF6N4O3/c1-27(10-4-2-9(17)3-5-10)14(28)25-11-6-12(29-7-15(18,19)20)26-13(24-11)30-8-16(21,22)23/h2-6H,7-8H2,1H3,(H,24,25,26,28). The number of amides is 2. The van der Waals surface area contributed by atoms with Crippen molar-refractivity contribution >= 4 is 33.5 Å². The number of alkyl halides is 6. The molecule has 0 spiro atoms. The van der Waals surface area contributed by atoms with E-state index < -0.39 is 49.3 Å². The molecule has 164 valence electrons. The van der Waals surface area contributed by atoms with Crippen LogP contribution in [0.5, 0.6) is 11.9 Å². The van der Waals surface area contributed by atoms with Crippen LogP contribution in [-0.4, -0.2) is 48.6 Å². The number of hydrogen-bond donors (Lipinski definition) is 1. The Hall–Kier alpha value is -2.77. The van der Waals surface area contributed by atoms with E-state index in [4.69, 9.17) is 0 Å². The molecule has 2 rings (SSSR count). The Balaban J connectivity index is 2.20. The Morgan fingerprint density at radius 1 is 1.03 bits per heavy atom. The SMILES string of the molecule is CN(C(=O)Nc1cc(OCC(F)(F)F)nc(OCC(F)(F)F)n1)c1ccc(Br)cc1. The van der Waals surface area contributed by atoms with Gasteiger partial charge in [0.25, 0.3) is 0 Å². The third-order valence-electron chi connectivity index (χ3n) is 3.18. The van der Waals surface area contributed by atoms with E-state index in [9.17, 15) is 31.1 Å². The Labute approximate surface area is 174 Å². The van der Waals surface area contributed by atoms with E-state index in [0.29, 0.717) is 5.69 Å². The highest BCUT2D eigenvalue weighted by Crippen LogP contribution is 2.24. The van der Waals surface area contributed by atoms with E-state index in [1.54, 1.807) is 24.3 Å². The average Bonchev–Trinajstić information content (AvgIpc) is 2.63. The summed E-state index contributed by atoms with van der Waals surface area (Å²) in [6.45, 7) is -3.54. The van der Waals surface area contributed by atoms with Gasteiger partial charge in [-0.05, 0) is 24.3 Å². The first-order chi connectivity index (χ1) is 13.8. The quantitative estimate of drug-likeness (QED) is 0.574. The van der Waals surface area contributed by atoms with E-state index >= 15 is 0 Å². The minimum absolute atomic E-state index is 0.423. The highest BCUT2D eigenvalue weighted by Gasteiger charge is 2.30. The summed E-state index contributed by atoms with van der Waals surface area (Å²) in [6.07, 6.45) is -9.46. The van der Waals surface area contributed by atoms with Crippen molar-refractivity contribution in [3.8, 4) is 11.9 Å². The van der Waals surface area contributed by atoms with Crippen LogP contribution in [0.2, 0.25) is 0 Å². The van der Waals surface area contributed by atoms with Gasteiger partial charge in [-0.25, -0.2) is 4.79 Å². The van der Waals surface area contributed by atoms with E-state index in [1.165, 1.54) is 7.05 Å². The Bertz CT molecular complexity index is 841. The number of anilines is 2. The molecule has 1 aromatic heterocycles. The summed E-state index contributed by atoms with van der Waals surface area (Å²) in [7, 11) is 1.39. The molecule has 0 bridgehead atoms. The summed E-state index contributed by atoms with van der Waals surface area (Å²) < 4.78 is 83.6. The van der Waals surface area contributed by atoms with Gasteiger partial charge in [0.05, 0.1) is 0 Å². The van der Waals surface area contributed by atoms with Crippen LogP contribution in [0.25, 0.3) is 0 Å². The van der Waals surface area contributed by atoms with E-state index in [2.05, 4.69) is 40.7 Å². The molecule has 1 aromatic carbocycles. The summed E-state index contributed by atoms with van der Waals surface area (Å²) >= 11 is 3.23. The first kappa shape index (κ1) is 23.5. The number of benzene rings is 1. The molecule has 0 radical (unpaired) electrons. The Morgan fingerprint density at radius 2 is 1.60 bits per heavy atom. The normalized spacial score (nSPS) is 11.7. The number of nitrogens with one attached hydrogen (secondary N) is 1. The zero-order valence-corrected chi connectivity index (χ0v) is 16.6. The van der Waals surface area contributed by atoms with Gasteiger partial charge in [0.2, 0.25) is 5.88 Å². The van der Waals surface area contributed by atoms with Gasteiger partial charge < -0.3 is 9.47 Å². The molecule has 0 unspecified atom stereocenters. The second-order valence-electron chi connectivity index (χ2n) is 5.65. The van der Waals surface area contributed by atoms with Crippen LogP contribution < -0.4 is 19.7 Å². The van der Waals surface area contributed by atoms with Gasteiger partial charge in [-0.1, -0.05) is 15.9 Å². The molecule has 2 aromatic rings. The lowest BCUT2D eigenvalue weighted by Crippen LogP contribution is -2.31. The van der Waals surface area contributed by atoms with E-state index in [0.717, 1.165) is 15.4 Å². The van der Waals surface area contributed by atoms with Crippen LogP contribution in [0.15, 0.2) is 34.8 Å². The van der Waals surface area contributed by atoms with Crippen molar-refractivity contribution in [1.82, 2.24) is 9.97 Å². The van der Waals surface area contributed by atoms with Crippen LogP contribution in [0.4, 0.5) is 42.6 Å². The Kier molecular flexibility index (Phi) is 7.34. The first-order valence-corrected chi connectivity index (χ1v) is 8.70. The van der Waals surface area contributed by atoms with Gasteiger partial charge in [0.1, 0.15) is 5.82 Å². The molecular weight excluding hydrogens is 490 g/mol. The van der Waals surface area contributed by atoms with Crippen molar-refractivity contribution < 1.29 is 40.6 Å². The Morgan fingerprint density at radius 3 is 2.17 bits per heavy atom. The summed E-state index contributed by atoms with van der Waals surface area (Å²) in [5.41, 5.74) is 0.451. The number of nitrogens with zero attached hydrogens (tertiary/aromatic N) is 3. The van der Waals surface area contributed by atoms with Crippen molar-refractivity contribution in [2.75, 3.05) is 30.5 Å². The van der Waals surface area contributed by atoms with Gasteiger partial charge in [-0.3, -0.25) is 10.2 Å². The molecule has 2 amide bonds. The number of aromatic nitrogens is 2. The van der Waals surface area contributed by atoms with Crippen LogP contribution in [0, 0.1) is 0 Å². The summed E-state index contributed by atoms with van der Waals surface area (Å²) in [4.78, 5) is 20.4. The minimum Gasteiger partial charge on any atom is -0.468 e. The molecule has 1 N–H and O–H groups in total. The fourth-order valence-electron chi connectivity index (χ4n) is 1.88. The molecular formula is C16H13BrF6N4O3. The molecule has 0 aliphatic carbocycles. The summed E-state index contributed by atoms with van der Waals surface area (Å²) in [5, 5.41) is 2.23. The van der Waals surface area contributed by atoms with Crippen molar-refractivity contribution in [2.45, 2.75) is 12.4 Å². The predicted molar refractivity (Wildman–Crippen MR) is 96.7 cm³/mol. The second-order valence-corrected chi connectivity index (χ2v) is 6.56. The van der Waals surface area contributed by atoms with Gasteiger partial charge in [0, 0.05) is 23.3 Å². The maximum absolute atomic E-state index is 12.4. The highest BCUT2D eigenvalue weighted by atomic mass is 79.9. The fourth-order valence-corrected chi connectivity index (χ4v) is 2.15. The third kappa shape index (κ3) is 7.93. The molecule has 0 atom stereocenters. The number of carbonyl (C=O) groups is 1. The molecule has 0 aliphatic rings. The number of hydrogen-bond acceptors (Lipinski definition) is 5. The zero-order chi connectivity index (χ0) is 22.5. The fraction of sp³-hybridized carbons (Fsp3) is 0.312. The number of rotatable bonds is 6. The van der Waals surface area contributed by atoms with Crippen LogP contribution >= 0.6 is 15.9 Å². The summed E-state index contributed by atoms with van der Waals surface area (Å²) in [6, 6.07) is 5.64. The maximum atomic E-state index is 12.4. The lowest BCUT2D eigenvalue weighted by Gasteiger charge is -2.18. The summed E-state index contributed by atoms with van der Waals surface area (Å²) in [5.74, 6) is -1.16. The smallest absolute Gasteiger partial charge is 0.422 e. The lowest BCUT2D eigenvalue weighted by molar-refractivity contribution is -0.155. The first-order valence-electron chi connectivity index (χ1n) is 7.91. The lowest BCUT2D eigenvalue weighted by atomic mass is 10.3. The number of carbonyl (C=O) groups excluding carboxylic acids is 1. The van der Waals surface area contributed by atoms with Crippen LogP contribution in [-0.2, 0) is 0 Å². The van der Waals surface area contributed by atoms with Crippen molar-refractivity contribution in [3.63, 3.8) is 0 Å². The minimum atomic E-state index is -4.74. The second kappa shape index (κ2) is 9.36.